The van der Waals surface area contributed by atoms with Gasteiger partial charge in [-0.1, -0.05) is 6.07 Å². The van der Waals surface area contributed by atoms with E-state index in [9.17, 15) is 8.42 Å². The summed E-state index contributed by atoms with van der Waals surface area (Å²) in [7, 11) is -1.51. The van der Waals surface area contributed by atoms with Gasteiger partial charge in [0, 0.05) is 31.7 Å². The highest BCUT2D eigenvalue weighted by molar-refractivity contribution is 7.90. The molecule has 1 atom stereocenters. The number of hydrogen-bond acceptors (Lipinski definition) is 4. The maximum Gasteiger partial charge on any atom is 0.175 e. The van der Waals surface area contributed by atoms with E-state index in [1.165, 1.54) is 6.26 Å². The quantitative estimate of drug-likeness (QED) is 0.862. The number of aryl methyl sites for hydroxylation is 1. The number of nitrogens with one attached hydrogen (secondary N) is 1. The van der Waals surface area contributed by atoms with Crippen LogP contribution in [-0.4, -0.2) is 34.4 Å². The predicted octanol–water partition coefficient (Wildman–Crippen LogP) is 2.24. The van der Waals surface area contributed by atoms with E-state index in [1.54, 1.807) is 20.1 Å². The molecule has 0 aliphatic heterocycles. The molecule has 0 heterocycles. The fourth-order valence-electron chi connectivity index (χ4n) is 1.74. The molecule has 0 saturated carbocycles. The average Bonchev–Trinajstić information content (AvgIpc) is 2.27. The van der Waals surface area contributed by atoms with Gasteiger partial charge in [0.05, 0.1) is 4.90 Å². The van der Waals surface area contributed by atoms with Crippen molar-refractivity contribution in [3.8, 4) is 0 Å². The van der Waals surface area contributed by atoms with E-state index < -0.39 is 9.84 Å². The summed E-state index contributed by atoms with van der Waals surface area (Å²) in [6, 6.07) is 5.64. The normalized spacial score (nSPS) is 13.3. The number of sulfone groups is 1. The molecule has 5 heteroatoms. The molecule has 102 valence electrons. The van der Waals surface area contributed by atoms with Crippen LogP contribution in [-0.2, 0) is 14.6 Å². The predicted molar refractivity (Wildman–Crippen MR) is 73.9 cm³/mol. The van der Waals surface area contributed by atoms with E-state index in [0.717, 1.165) is 17.7 Å². The first kappa shape index (κ1) is 15.0. The zero-order valence-corrected chi connectivity index (χ0v) is 12.2. The molecule has 1 rings (SSSR count). The largest absolute Gasteiger partial charge is 0.385 e. The number of anilines is 1. The van der Waals surface area contributed by atoms with Crippen LogP contribution < -0.4 is 5.32 Å². The Hall–Kier alpha value is -1.07. The van der Waals surface area contributed by atoms with Crippen molar-refractivity contribution in [2.75, 3.05) is 25.3 Å². The summed E-state index contributed by atoms with van der Waals surface area (Å²) in [5.74, 6) is 0. The fraction of sp³-hybridized carbons (Fsp3) is 0.538. The van der Waals surface area contributed by atoms with Crippen molar-refractivity contribution in [2.24, 2.45) is 0 Å². The molecule has 4 nitrogen and oxygen atoms in total. The third-order valence-corrected chi connectivity index (χ3v) is 3.99. The molecule has 0 amide bonds. The number of rotatable bonds is 6. The van der Waals surface area contributed by atoms with Gasteiger partial charge in [0.15, 0.2) is 9.84 Å². The Bertz CT molecular complexity index is 497. The van der Waals surface area contributed by atoms with E-state index in [1.807, 2.05) is 19.1 Å². The summed E-state index contributed by atoms with van der Waals surface area (Å²) in [6.07, 6.45) is 2.10. The van der Waals surface area contributed by atoms with Gasteiger partial charge in [0.2, 0.25) is 0 Å². The van der Waals surface area contributed by atoms with Gasteiger partial charge in [-0.15, -0.1) is 0 Å². The minimum absolute atomic E-state index is 0.236. The minimum atomic E-state index is -3.17. The molecule has 1 aromatic carbocycles. The molecule has 1 unspecified atom stereocenters. The molecule has 18 heavy (non-hydrogen) atoms. The van der Waals surface area contributed by atoms with Crippen molar-refractivity contribution >= 4 is 15.5 Å². The standard InChI is InChI=1S/C13H21NO3S/c1-10-5-6-12(9-13(10)18(4,15)16)14-11(2)7-8-17-3/h5-6,9,11,14H,7-8H2,1-4H3. The lowest BCUT2D eigenvalue weighted by Gasteiger charge is -2.16. The monoisotopic (exact) mass is 271 g/mol. The maximum absolute atomic E-state index is 11.6. The van der Waals surface area contributed by atoms with Crippen molar-refractivity contribution in [3.63, 3.8) is 0 Å². The summed E-state index contributed by atoms with van der Waals surface area (Å²) in [5, 5.41) is 3.27. The van der Waals surface area contributed by atoms with Gasteiger partial charge in [0.25, 0.3) is 0 Å². The SMILES string of the molecule is COCCC(C)Nc1ccc(C)c(S(C)(=O)=O)c1. The molecule has 0 aromatic heterocycles. The molecule has 0 radical (unpaired) electrons. The van der Waals surface area contributed by atoms with Gasteiger partial charge in [-0.3, -0.25) is 0 Å². The Morgan fingerprint density at radius 1 is 1.39 bits per heavy atom. The zero-order chi connectivity index (χ0) is 13.8. The summed E-state index contributed by atoms with van der Waals surface area (Å²) >= 11 is 0. The third-order valence-electron chi connectivity index (χ3n) is 2.76. The third kappa shape index (κ3) is 4.31. The molecule has 0 fully saturated rings. The van der Waals surface area contributed by atoms with Crippen LogP contribution >= 0.6 is 0 Å². The van der Waals surface area contributed by atoms with Gasteiger partial charge in [-0.05, 0) is 38.0 Å². The first-order valence-electron chi connectivity index (χ1n) is 5.90. The molecule has 0 saturated heterocycles. The summed E-state index contributed by atoms with van der Waals surface area (Å²) in [4.78, 5) is 0.381. The van der Waals surface area contributed by atoms with Crippen LogP contribution in [0.15, 0.2) is 23.1 Å². The number of ether oxygens (including phenoxy) is 1. The Balaban J connectivity index is 2.86. The van der Waals surface area contributed by atoms with E-state index >= 15 is 0 Å². The fourth-order valence-corrected chi connectivity index (χ4v) is 2.73. The van der Waals surface area contributed by atoms with Crippen LogP contribution in [0, 0.1) is 6.92 Å². The van der Waals surface area contributed by atoms with Crippen molar-refractivity contribution < 1.29 is 13.2 Å². The zero-order valence-electron chi connectivity index (χ0n) is 11.4. The first-order valence-corrected chi connectivity index (χ1v) is 7.80. The van der Waals surface area contributed by atoms with Crippen LogP contribution in [0.5, 0.6) is 0 Å². The molecule has 0 aliphatic carbocycles. The van der Waals surface area contributed by atoms with E-state index in [0.29, 0.717) is 11.5 Å². The van der Waals surface area contributed by atoms with Crippen molar-refractivity contribution in [1.29, 1.82) is 0 Å². The second-order valence-corrected chi connectivity index (χ2v) is 6.56. The molecule has 1 aromatic rings. The van der Waals surface area contributed by atoms with Gasteiger partial charge in [0.1, 0.15) is 0 Å². The van der Waals surface area contributed by atoms with Gasteiger partial charge >= 0.3 is 0 Å². The van der Waals surface area contributed by atoms with Crippen LogP contribution in [0.1, 0.15) is 18.9 Å². The maximum atomic E-state index is 11.6. The molecule has 0 aliphatic rings. The lowest BCUT2D eigenvalue weighted by atomic mass is 10.2. The van der Waals surface area contributed by atoms with Crippen molar-refractivity contribution in [2.45, 2.75) is 31.2 Å². The van der Waals surface area contributed by atoms with E-state index in [-0.39, 0.29) is 6.04 Å². The Kier molecular flexibility index (Phi) is 5.16. The molecule has 0 spiro atoms. The Labute approximate surface area is 109 Å². The molecular formula is C13H21NO3S. The van der Waals surface area contributed by atoms with Crippen molar-refractivity contribution in [1.82, 2.24) is 0 Å². The van der Waals surface area contributed by atoms with Gasteiger partial charge < -0.3 is 10.1 Å². The highest BCUT2D eigenvalue weighted by atomic mass is 32.2. The number of benzene rings is 1. The van der Waals surface area contributed by atoms with E-state index in [2.05, 4.69) is 5.32 Å². The highest BCUT2D eigenvalue weighted by Gasteiger charge is 2.12. The minimum Gasteiger partial charge on any atom is -0.385 e. The topological polar surface area (TPSA) is 55.4 Å². The Morgan fingerprint density at radius 3 is 2.61 bits per heavy atom. The average molecular weight is 271 g/mol. The summed E-state index contributed by atoms with van der Waals surface area (Å²) < 4.78 is 28.2. The summed E-state index contributed by atoms with van der Waals surface area (Å²) in [6.45, 7) is 4.52. The number of methoxy groups -OCH3 is 1. The highest BCUT2D eigenvalue weighted by Crippen LogP contribution is 2.20. The van der Waals surface area contributed by atoms with Crippen molar-refractivity contribution in [3.05, 3.63) is 23.8 Å². The number of hydrogen-bond donors (Lipinski definition) is 1. The van der Waals surface area contributed by atoms with E-state index in [4.69, 9.17) is 4.74 Å². The smallest absolute Gasteiger partial charge is 0.175 e. The van der Waals surface area contributed by atoms with Gasteiger partial charge in [-0.25, -0.2) is 8.42 Å². The molecule has 1 N–H and O–H groups in total. The first-order chi connectivity index (χ1) is 8.34. The lowest BCUT2D eigenvalue weighted by molar-refractivity contribution is 0.191. The summed E-state index contributed by atoms with van der Waals surface area (Å²) in [5.41, 5.74) is 1.59. The van der Waals surface area contributed by atoms with Crippen LogP contribution in [0.4, 0.5) is 5.69 Å². The van der Waals surface area contributed by atoms with Crippen LogP contribution in [0.25, 0.3) is 0 Å². The Morgan fingerprint density at radius 2 is 2.06 bits per heavy atom. The lowest BCUT2D eigenvalue weighted by Crippen LogP contribution is -2.17. The van der Waals surface area contributed by atoms with Crippen LogP contribution in [0.2, 0.25) is 0 Å². The molecule has 0 bridgehead atoms. The second-order valence-electron chi connectivity index (χ2n) is 4.58. The van der Waals surface area contributed by atoms with Crippen LogP contribution in [0.3, 0.4) is 0 Å². The second kappa shape index (κ2) is 6.20. The van der Waals surface area contributed by atoms with Gasteiger partial charge in [-0.2, -0.15) is 0 Å². The molecular weight excluding hydrogens is 250 g/mol.